The first-order valence-electron chi connectivity index (χ1n) is 7.28. The first-order chi connectivity index (χ1) is 11.9. The Bertz CT molecular complexity index is 1010. The zero-order valence-electron chi connectivity index (χ0n) is 12.8. The highest BCUT2D eigenvalue weighted by Gasteiger charge is 2.26. The molecule has 0 aliphatic carbocycles. The molecule has 0 fully saturated rings. The fraction of sp³-hybridized carbons (Fsp3) is 0.200. The Morgan fingerprint density at radius 1 is 1.40 bits per heavy atom. The van der Waals surface area contributed by atoms with Crippen molar-refractivity contribution >= 4 is 54.3 Å². The minimum Gasteiger partial charge on any atom is -0.480 e. The highest BCUT2D eigenvalue weighted by atomic mass is 79.9. The zero-order chi connectivity index (χ0) is 18.0. The molecule has 3 aromatic heterocycles. The summed E-state index contributed by atoms with van der Waals surface area (Å²) in [6.07, 6.45) is 3.96. The van der Waals surface area contributed by atoms with E-state index in [1.807, 2.05) is 6.07 Å². The molecule has 1 unspecified atom stereocenters. The molecular formula is C15H14BrN3O4S2. The molecule has 7 nitrogen and oxygen atoms in total. The average molecular weight is 444 g/mol. The third kappa shape index (κ3) is 4.09. The largest absolute Gasteiger partial charge is 0.480 e. The number of fused-ring (bicyclic) bond motifs is 1. The molecule has 3 heterocycles. The number of rotatable bonds is 7. The van der Waals surface area contributed by atoms with Crippen molar-refractivity contribution < 1.29 is 18.3 Å². The van der Waals surface area contributed by atoms with Gasteiger partial charge in [0.05, 0.1) is 3.79 Å². The van der Waals surface area contributed by atoms with Gasteiger partial charge in [-0.1, -0.05) is 0 Å². The molecule has 0 saturated carbocycles. The first-order valence-corrected chi connectivity index (χ1v) is 10.4. The third-order valence-electron chi connectivity index (χ3n) is 3.65. The molecule has 0 saturated heterocycles. The molecule has 3 N–H and O–H groups in total. The second kappa shape index (κ2) is 7.24. The number of aliphatic carboxylic acids is 1. The SMILES string of the molecule is O=C(O)C(CCc1c[nH]c2ncccc12)NS(=O)(=O)c1ccc(Br)s1. The number of hydrogen-bond acceptors (Lipinski definition) is 5. The van der Waals surface area contributed by atoms with Gasteiger partial charge in [0.2, 0.25) is 0 Å². The molecule has 0 aromatic carbocycles. The second-order valence-electron chi connectivity index (χ2n) is 5.32. The van der Waals surface area contributed by atoms with Gasteiger partial charge in [-0.15, -0.1) is 11.3 Å². The number of H-pyrrole nitrogens is 1. The molecule has 0 aliphatic rings. The molecule has 132 valence electrons. The summed E-state index contributed by atoms with van der Waals surface area (Å²) in [7, 11) is -3.88. The number of thiophene rings is 1. The minimum atomic E-state index is -3.88. The van der Waals surface area contributed by atoms with E-state index in [9.17, 15) is 18.3 Å². The van der Waals surface area contributed by atoms with Gasteiger partial charge in [-0.3, -0.25) is 4.79 Å². The topological polar surface area (TPSA) is 112 Å². The van der Waals surface area contributed by atoms with Gasteiger partial charge in [-0.25, -0.2) is 13.4 Å². The molecule has 0 amide bonds. The van der Waals surface area contributed by atoms with Crippen molar-refractivity contribution in [1.29, 1.82) is 0 Å². The van der Waals surface area contributed by atoms with Crippen LogP contribution in [-0.4, -0.2) is 35.5 Å². The number of halogens is 1. The number of sulfonamides is 1. The first kappa shape index (κ1) is 18.1. The maximum absolute atomic E-state index is 12.3. The highest BCUT2D eigenvalue weighted by Crippen LogP contribution is 2.26. The average Bonchev–Trinajstić information content (AvgIpc) is 3.18. The van der Waals surface area contributed by atoms with Crippen LogP contribution >= 0.6 is 27.3 Å². The van der Waals surface area contributed by atoms with E-state index in [4.69, 9.17) is 0 Å². The molecule has 0 bridgehead atoms. The lowest BCUT2D eigenvalue weighted by Gasteiger charge is -2.13. The fourth-order valence-corrected chi connectivity index (χ4v) is 5.69. The summed E-state index contributed by atoms with van der Waals surface area (Å²) in [5.41, 5.74) is 1.61. The summed E-state index contributed by atoms with van der Waals surface area (Å²) in [6.45, 7) is 0. The van der Waals surface area contributed by atoms with Gasteiger partial charge in [0.15, 0.2) is 0 Å². The van der Waals surface area contributed by atoms with Crippen LogP contribution in [0, 0.1) is 0 Å². The van der Waals surface area contributed by atoms with E-state index in [1.165, 1.54) is 6.07 Å². The van der Waals surface area contributed by atoms with Crippen LogP contribution in [0.5, 0.6) is 0 Å². The third-order valence-corrected chi connectivity index (χ3v) is 7.24. The van der Waals surface area contributed by atoms with E-state index >= 15 is 0 Å². The van der Waals surface area contributed by atoms with Crippen molar-refractivity contribution in [2.24, 2.45) is 0 Å². The number of nitrogens with one attached hydrogen (secondary N) is 2. The number of aromatic nitrogens is 2. The van der Waals surface area contributed by atoms with Crippen molar-refractivity contribution in [3.05, 3.63) is 46.0 Å². The molecule has 10 heteroatoms. The van der Waals surface area contributed by atoms with Crippen LogP contribution in [0.3, 0.4) is 0 Å². The monoisotopic (exact) mass is 443 g/mol. The Balaban J connectivity index is 1.75. The zero-order valence-corrected chi connectivity index (χ0v) is 16.0. The van der Waals surface area contributed by atoms with E-state index in [0.29, 0.717) is 15.9 Å². The van der Waals surface area contributed by atoms with Crippen molar-refractivity contribution in [2.75, 3.05) is 0 Å². The van der Waals surface area contributed by atoms with E-state index in [2.05, 4.69) is 30.6 Å². The highest BCUT2D eigenvalue weighted by molar-refractivity contribution is 9.11. The van der Waals surface area contributed by atoms with Crippen LogP contribution in [0.4, 0.5) is 0 Å². The maximum Gasteiger partial charge on any atom is 0.321 e. The van der Waals surface area contributed by atoms with Crippen LogP contribution in [0.1, 0.15) is 12.0 Å². The Morgan fingerprint density at radius 2 is 2.20 bits per heavy atom. The lowest BCUT2D eigenvalue weighted by Crippen LogP contribution is -2.40. The smallest absolute Gasteiger partial charge is 0.321 e. The Labute approximate surface area is 156 Å². The summed E-state index contributed by atoms with van der Waals surface area (Å²) in [4.78, 5) is 18.7. The lowest BCUT2D eigenvalue weighted by atomic mass is 10.1. The van der Waals surface area contributed by atoms with E-state index < -0.39 is 22.0 Å². The lowest BCUT2D eigenvalue weighted by molar-refractivity contribution is -0.139. The number of nitrogens with zero attached hydrogens (tertiary/aromatic N) is 1. The second-order valence-corrected chi connectivity index (χ2v) is 9.73. The summed E-state index contributed by atoms with van der Waals surface area (Å²) in [5, 5.41) is 10.3. The summed E-state index contributed by atoms with van der Waals surface area (Å²) < 4.78 is 27.7. The molecule has 3 rings (SSSR count). The Kier molecular flexibility index (Phi) is 5.23. The normalized spacial score (nSPS) is 13.2. The molecule has 3 aromatic rings. The summed E-state index contributed by atoms with van der Waals surface area (Å²) in [6, 6.07) is 5.51. The quantitative estimate of drug-likeness (QED) is 0.519. The number of pyridine rings is 1. The van der Waals surface area contributed by atoms with Crippen LogP contribution < -0.4 is 4.72 Å². The van der Waals surface area contributed by atoms with Crippen molar-refractivity contribution in [2.45, 2.75) is 23.1 Å². The predicted octanol–water partition coefficient (Wildman–Crippen LogP) is 2.75. The molecule has 0 aliphatic heterocycles. The standard InChI is InChI=1S/C15H14BrN3O4S2/c16-12-5-6-13(24-12)25(22,23)19-11(15(20)21)4-3-9-8-18-14-10(9)2-1-7-17-14/h1-2,5-8,11,19H,3-4H2,(H,17,18)(H,20,21). The molecular weight excluding hydrogens is 430 g/mol. The summed E-state index contributed by atoms with van der Waals surface area (Å²) in [5.74, 6) is -1.21. The van der Waals surface area contributed by atoms with E-state index in [-0.39, 0.29) is 10.6 Å². The number of carboxylic acid groups (broad SMARTS) is 1. The predicted molar refractivity (Wildman–Crippen MR) is 98.2 cm³/mol. The van der Waals surface area contributed by atoms with Crippen molar-refractivity contribution in [1.82, 2.24) is 14.7 Å². The van der Waals surface area contributed by atoms with Crippen LogP contribution in [-0.2, 0) is 21.2 Å². The minimum absolute atomic E-state index is 0.0712. The van der Waals surface area contributed by atoms with Crippen molar-refractivity contribution in [3.8, 4) is 0 Å². The van der Waals surface area contributed by atoms with Gasteiger partial charge >= 0.3 is 5.97 Å². The van der Waals surface area contributed by atoms with Gasteiger partial charge in [-0.05, 0) is 58.6 Å². The van der Waals surface area contributed by atoms with Crippen LogP contribution in [0.15, 0.2) is 44.7 Å². The van der Waals surface area contributed by atoms with Gasteiger partial charge in [-0.2, -0.15) is 4.72 Å². The van der Waals surface area contributed by atoms with Crippen molar-refractivity contribution in [3.63, 3.8) is 0 Å². The fourth-order valence-electron chi connectivity index (χ4n) is 2.44. The number of carboxylic acids is 1. The molecule has 0 spiro atoms. The number of carbonyl (C=O) groups is 1. The van der Waals surface area contributed by atoms with Gasteiger partial charge in [0, 0.05) is 17.8 Å². The Morgan fingerprint density at radius 3 is 2.88 bits per heavy atom. The van der Waals surface area contributed by atoms with Crippen LogP contribution in [0.2, 0.25) is 0 Å². The van der Waals surface area contributed by atoms with Gasteiger partial charge in [0.1, 0.15) is 15.9 Å². The number of aromatic amines is 1. The van der Waals surface area contributed by atoms with Crippen LogP contribution in [0.25, 0.3) is 11.0 Å². The number of hydrogen-bond donors (Lipinski definition) is 3. The van der Waals surface area contributed by atoms with Gasteiger partial charge in [0.25, 0.3) is 10.0 Å². The summed E-state index contributed by atoms with van der Waals surface area (Å²) >= 11 is 4.23. The van der Waals surface area contributed by atoms with E-state index in [0.717, 1.165) is 22.3 Å². The van der Waals surface area contributed by atoms with Gasteiger partial charge < -0.3 is 10.1 Å². The molecule has 0 radical (unpaired) electrons. The molecule has 1 atom stereocenters. The maximum atomic E-state index is 12.3. The van der Waals surface area contributed by atoms with E-state index in [1.54, 1.807) is 24.5 Å². The Hall–Kier alpha value is -1.75. The number of aryl methyl sites for hydroxylation is 1. The molecule has 25 heavy (non-hydrogen) atoms.